The Kier molecular flexibility index (Phi) is 3.39. The summed E-state index contributed by atoms with van der Waals surface area (Å²) in [5.41, 5.74) is 2.23. The first-order chi connectivity index (χ1) is 8.52. The topological polar surface area (TPSA) is 50.8 Å². The number of rotatable bonds is 2. The fraction of sp³-hybridized carbons (Fsp3) is 0.231. The molecule has 1 aromatic heterocycles. The van der Waals surface area contributed by atoms with Gasteiger partial charge in [0.05, 0.1) is 11.3 Å². The fourth-order valence-corrected chi connectivity index (χ4v) is 2.02. The molecule has 0 aliphatic heterocycles. The van der Waals surface area contributed by atoms with Gasteiger partial charge in [-0.1, -0.05) is 15.9 Å². The lowest BCUT2D eigenvalue weighted by molar-refractivity contribution is 0.472. The van der Waals surface area contributed by atoms with Gasteiger partial charge in [-0.3, -0.25) is 4.68 Å². The first-order valence-electron chi connectivity index (χ1n) is 5.40. The van der Waals surface area contributed by atoms with Crippen LogP contribution in [-0.4, -0.2) is 9.78 Å². The Labute approximate surface area is 114 Å². The normalized spacial score (nSPS) is 10.2. The number of benzene rings is 1. The Morgan fingerprint density at radius 1 is 1.39 bits per heavy atom. The molecule has 0 radical (unpaired) electrons. The molecule has 0 fully saturated rings. The van der Waals surface area contributed by atoms with Gasteiger partial charge in [0, 0.05) is 11.5 Å². The molecule has 0 saturated carbocycles. The molecule has 18 heavy (non-hydrogen) atoms. The highest BCUT2D eigenvalue weighted by Gasteiger charge is 2.14. The van der Waals surface area contributed by atoms with Crippen molar-refractivity contribution in [3.8, 4) is 17.6 Å². The zero-order chi connectivity index (χ0) is 13.3. The number of nitriles is 1. The van der Waals surface area contributed by atoms with Gasteiger partial charge >= 0.3 is 0 Å². The molecule has 0 saturated heterocycles. The van der Waals surface area contributed by atoms with E-state index in [1.807, 2.05) is 27.0 Å². The second-order valence-electron chi connectivity index (χ2n) is 3.98. The number of hydrogen-bond acceptors (Lipinski definition) is 3. The van der Waals surface area contributed by atoms with Crippen LogP contribution in [0.2, 0.25) is 0 Å². The second kappa shape index (κ2) is 4.83. The van der Waals surface area contributed by atoms with Crippen molar-refractivity contribution < 1.29 is 4.74 Å². The van der Waals surface area contributed by atoms with E-state index in [0.717, 1.165) is 15.9 Å². The number of aryl methyl sites for hydroxylation is 2. The van der Waals surface area contributed by atoms with Crippen LogP contribution in [0.15, 0.2) is 22.7 Å². The highest BCUT2D eigenvalue weighted by atomic mass is 79.9. The van der Waals surface area contributed by atoms with Gasteiger partial charge in [-0.25, -0.2) is 0 Å². The average Bonchev–Trinajstić information content (AvgIpc) is 2.56. The molecule has 2 aromatic rings. The zero-order valence-electron chi connectivity index (χ0n) is 10.4. The molecule has 0 aliphatic carbocycles. The molecule has 2 rings (SSSR count). The van der Waals surface area contributed by atoms with Crippen LogP contribution >= 0.6 is 15.9 Å². The summed E-state index contributed by atoms with van der Waals surface area (Å²) in [6.07, 6.45) is 0. The van der Waals surface area contributed by atoms with Crippen molar-refractivity contribution in [3.05, 3.63) is 39.6 Å². The maximum absolute atomic E-state index is 9.07. The van der Waals surface area contributed by atoms with Crippen molar-refractivity contribution in [2.45, 2.75) is 13.8 Å². The van der Waals surface area contributed by atoms with Crippen molar-refractivity contribution in [2.24, 2.45) is 7.05 Å². The lowest BCUT2D eigenvalue weighted by Crippen LogP contribution is -1.94. The molecule has 0 unspecified atom stereocenters. The van der Waals surface area contributed by atoms with E-state index in [1.54, 1.807) is 16.8 Å². The maximum Gasteiger partial charge on any atom is 0.171 e. The third-order valence-electron chi connectivity index (χ3n) is 2.72. The minimum Gasteiger partial charge on any atom is -0.452 e. The predicted octanol–water partition coefficient (Wildman–Crippen LogP) is 3.46. The standard InChI is InChI=1S/C13H12BrN3O/c1-8-13(9(2)17(3)16-8)18-12-6-11(14)5-4-10(12)7-15/h4-6H,1-3H3. The van der Waals surface area contributed by atoms with Gasteiger partial charge in [0.25, 0.3) is 0 Å². The zero-order valence-corrected chi connectivity index (χ0v) is 11.9. The Bertz CT molecular complexity index is 640. The van der Waals surface area contributed by atoms with Crippen LogP contribution in [0.5, 0.6) is 11.5 Å². The quantitative estimate of drug-likeness (QED) is 0.853. The van der Waals surface area contributed by atoms with Gasteiger partial charge in [0.15, 0.2) is 5.75 Å². The van der Waals surface area contributed by atoms with Crippen molar-refractivity contribution in [3.63, 3.8) is 0 Å². The monoisotopic (exact) mass is 305 g/mol. The van der Waals surface area contributed by atoms with Crippen LogP contribution in [0.1, 0.15) is 17.0 Å². The second-order valence-corrected chi connectivity index (χ2v) is 4.89. The summed E-state index contributed by atoms with van der Waals surface area (Å²) in [7, 11) is 1.86. The molecule has 1 heterocycles. The predicted molar refractivity (Wildman–Crippen MR) is 71.6 cm³/mol. The number of aromatic nitrogens is 2. The van der Waals surface area contributed by atoms with Crippen molar-refractivity contribution in [1.82, 2.24) is 9.78 Å². The molecule has 92 valence electrons. The summed E-state index contributed by atoms with van der Waals surface area (Å²) >= 11 is 3.37. The molecule has 5 heteroatoms. The van der Waals surface area contributed by atoms with Crippen LogP contribution in [0.3, 0.4) is 0 Å². The van der Waals surface area contributed by atoms with E-state index in [-0.39, 0.29) is 0 Å². The summed E-state index contributed by atoms with van der Waals surface area (Å²) in [5, 5.41) is 13.3. The first kappa shape index (κ1) is 12.7. The molecule has 0 aliphatic rings. The molecule has 0 bridgehead atoms. The molecule has 0 atom stereocenters. The van der Waals surface area contributed by atoms with E-state index in [4.69, 9.17) is 10.00 Å². The SMILES string of the molecule is Cc1nn(C)c(C)c1Oc1cc(Br)ccc1C#N. The maximum atomic E-state index is 9.07. The molecular formula is C13H12BrN3O. The van der Waals surface area contributed by atoms with E-state index in [2.05, 4.69) is 27.1 Å². The fourth-order valence-electron chi connectivity index (χ4n) is 1.68. The minimum absolute atomic E-state index is 0.501. The summed E-state index contributed by atoms with van der Waals surface area (Å²) in [4.78, 5) is 0. The number of hydrogen-bond donors (Lipinski definition) is 0. The van der Waals surface area contributed by atoms with Crippen LogP contribution in [-0.2, 0) is 7.05 Å². The molecule has 0 spiro atoms. The summed E-state index contributed by atoms with van der Waals surface area (Å²) in [6, 6.07) is 7.43. The van der Waals surface area contributed by atoms with E-state index in [1.165, 1.54) is 0 Å². The van der Waals surface area contributed by atoms with Crippen molar-refractivity contribution >= 4 is 15.9 Å². The lowest BCUT2D eigenvalue weighted by Gasteiger charge is -2.08. The van der Waals surface area contributed by atoms with E-state index in [9.17, 15) is 0 Å². The van der Waals surface area contributed by atoms with Crippen LogP contribution in [0.25, 0.3) is 0 Å². The smallest absolute Gasteiger partial charge is 0.171 e. The van der Waals surface area contributed by atoms with Gasteiger partial charge in [0.2, 0.25) is 0 Å². The largest absolute Gasteiger partial charge is 0.452 e. The molecule has 0 amide bonds. The molecule has 4 nitrogen and oxygen atoms in total. The number of nitrogens with zero attached hydrogens (tertiary/aromatic N) is 3. The third kappa shape index (κ3) is 2.24. The highest BCUT2D eigenvalue weighted by Crippen LogP contribution is 2.31. The van der Waals surface area contributed by atoms with Crippen molar-refractivity contribution in [2.75, 3.05) is 0 Å². The lowest BCUT2D eigenvalue weighted by atomic mass is 10.2. The summed E-state index contributed by atoms with van der Waals surface area (Å²) < 4.78 is 8.46. The Balaban J connectivity index is 2.46. The van der Waals surface area contributed by atoms with Gasteiger partial charge in [-0.2, -0.15) is 10.4 Å². The van der Waals surface area contributed by atoms with E-state index >= 15 is 0 Å². The Morgan fingerprint density at radius 3 is 2.67 bits per heavy atom. The van der Waals surface area contributed by atoms with E-state index in [0.29, 0.717) is 17.1 Å². The Hall–Kier alpha value is -1.80. The van der Waals surface area contributed by atoms with Crippen LogP contribution in [0, 0.1) is 25.2 Å². The highest BCUT2D eigenvalue weighted by molar-refractivity contribution is 9.10. The minimum atomic E-state index is 0.501. The summed E-state index contributed by atoms with van der Waals surface area (Å²) in [6.45, 7) is 3.81. The van der Waals surface area contributed by atoms with Gasteiger partial charge in [0.1, 0.15) is 17.5 Å². The van der Waals surface area contributed by atoms with Crippen LogP contribution in [0.4, 0.5) is 0 Å². The van der Waals surface area contributed by atoms with Gasteiger partial charge in [-0.05, 0) is 32.0 Å². The number of halogens is 1. The van der Waals surface area contributed by atoms with Crippen LogP contribution < -0.4 is 4.74 Å². The third-order valence-corrected chi connectivity index (χ3v) is 3.21. The van der Waals surface area contributed by atoms with Gasteiger partial charge in [-0.15, -0.1) is 0 Å². The molecule has 1 aromatic carbocycles. The van der Waals surface area contributed by atoms with E-state index < -0.39 is 0 Å². The first-order valence-corrected chi connectivity index (χ1v) is 6.20. The van der Waals surface area contributed by atoms with Gasteiger partial charge < -0.3 is 4.74 Å². The summed E-state index contributed by atoms with van der Waals surface area (Å²) in [5.74, 6) is 1.23. The number of ether oxygens (including phenoxy) is 1. The molecule has 0 N–H and O–H groups in total. The molecular weight excluding hydrogens is 294 g/mol. The average molecular weight is 306 g/mol. The Morgan fingerprint density at radius 2 is 2.11 bits per heavy atom. The van der Waals surface area contributed by atoms with Crippen molar-refractivity contribution in [1.29, 1.82) is 5.26 Å².